The maximum absolute atomic E-state index is 12.9. The minimum absolute atomic E-state index is 0.0216. The van der Waals surface area contributed by atoms with Crippen LogP contribution < -0.4 is 10.1 Å². The number of amides is 1. The average Bonchev–Trinajstić information content (AvgIpc) is 3.53. The molecule has 1 heterocycles. The Morgan fingerprint density at radius 3 is 1.98 bits per heavy atom. The van der Waals surface area contributed by atoms with E-state index in [0.29, 0.717) is 24.0 Å². The van der Waals surface area contributed by atoms with Crippen LogP contribution in [-0.2, 0) is 21.4 Å². The molecule has 232 valence electrons. The summed E-state index contributed by atoms with van der Waals surface area (Å²) >= 11 is 0. The molecule has 0 saturated carbocycles. The van der Waals surface area contributed by atoms with E-state index in [2.05, 4.69) is 43.2 Å². The second-order valence-electron chi connectivity index (χ2n) is 12.0. The number of hydrogen-bond acceptors (Lipinski definition) is 7. The van der Waals surface area contributed by atoms with E-state index < -0.39 is 12.0 Å². The van der Waals surface area contributed by atoms with Crippen molar-refractivity contribution in [1.82, 2.24) is 15.5 Å². The summed E-state index contributed by atoms with van der Waals surface area (Å²) in [5.41, 5.74) is 3.97. The molecule has 1 aromatic heterocycles. The highest BCUT2D eigenvalue weighted by molar-refractivity contribution is 5.96. The number of benzene rings is 3. The number of carbonyl (C=O) groups is 2. The highest BCUT2D eigenvalue weighted by Gasteiger charge is 2.23. The Balaban J connectivity index is 1.35. The molecule has 0 aliphatic heterocycles. The molecule has 0 aliphatic carbocycles. The van der Waals surface area contributed by atoms with E-state index >= 15 is 0 Å². The third-order valence-electron chi connectivity index (χ3n) is 7.49. The van der Waals surface area contributed by atoms with E-state index in [-0.39, 0.29) is 17.7 Å². The van der Waals surface area contributed by atoms with E-state index in [1.807, 2.05) is 60.7 Å². The molecule has 0 spiro atoms. The first kappa shape index (κ1) is 32.5. The summed E-state index contributed by atoms with van der Waals surface area (Å²) in [7, 11) is 1.31. The maximum Gasteiger partial charge on any atom is 0.328 e. The van der Waals surface area contributed by atoms with Crippen molar-refractivity contribution in [3.63, 3.8) is 0 Å². The summed E-state index contributed by atoms with van der Waals surface area (Å²) in [6.07, 6.45) is 6.26. The lowest BCUT2D eigenvalue weighted by Crippen LogP contribution is -2.43. The number of nitrogens with zero attached hydrogens (tertiary/aromatic N) is 2. The number of nitrogens with one attached hydrogen (secondary N) is 1. The first-order valence-electron chi connectivity index (χ1n) is 15.3. The largest absolute Gasteiger partial charge is 0.494 e. The predicted molar refractivity (Wildman–Crippen MR) is 172 cm³/mol. The van der Waals surface area contributed by atoms with Gasteiger partial charge < -0.3 is 19.2 Å². The average molecular weight is 598 g/mol. The Kier molecular flexibility index (Phi) is 11.3. The van der Waals surface area contributed by atoms with E-state index in [1.165, 1.54) is 32.8 Å². The highest BCUT2D eigenvalue weighted by Crippen LogP contribution is 2.26. The number of carbonyl (C=O) groups excluding carboxylic acids is 2. The summed E-state index contributed by atoms with van der Waals surface area (Å²) in [5, 5.41) is 11.3. The molecule has 1 amide bonds. The van der Waals surface area contributed by atoms with Crippen molar-refractivity contribution < 1.29 is 23.5 Å². The van der Waals surface area contributed by atoms with Crippen molar-refractivity contribution in [3.8, 4) is 28.7 Å². The van der Waals surface area contributed by atoms with Gasteiger partial charge in [0.15, 0.2) is 0 Å². The number of unbranched alkanes of at least 4 members (excludes halogenated alkanes) is 4. The third-order valence-corrected chi connectivity index (χ3v) is 7.49. The standard InChI is InChI=1S/C36H43N3O5/c1-6-7-8-9-10-23-43-30-21-17-28(18-22-30)34-39-38-33(44-34)27-13-11-25(12-14-27)24-31(35(41)42-5)37-32(40)26-15-19-29(20-16-26)36(2,3)4/h11-22,31H,6-10,23-24H2,1-5H3,(H,37,40). The molecular weight excluding hydrogens is 554 g/mol. The molecule has 8 heteroatoms. The van der Waals surface area contributed by atoms with Gasteiger partial charge in [0.2, 0.25) is 11.8 Å². The van der Waals surface area contributed by atoms with Crippen LogP contribution >= 0.6 is 0 Å². The molecule has 1 unspecified atom stereocenters. The third kappa shape index (κ3) is 9.02. The molecule has 4 aromatic rings. The molecule has 0 bridgehead atoms. The van der Waals surface area contributed by atoms with E-state index in [1.54, 1.807) is 12.1 Å². The van der Waals surface area contributed by atoms with Crippen LogP contribution in [0.1, 0.15) is 81.3 Å². The molecule has 3 aromatic carbocycles. The molecule has 4 rings (SSSR count). The van der Waals surface area contributed by atoms with Crippen molar-refractivity contribution in [2.75, 3.05) is 13.7 Å². The van der Waals surface area contributed by atoms with Crippen molar-refractivity contribution in [2.45, 2.75) is 77.7 Å². The van der Waals surface area contributed by atoms with Crippen LogP contribution in [0.2, 0.25) is 0 Å². The summed E-state index contributed by atoms with van der Waals surface area (Å²) in [4.78, 5) is 25.5. The highest BCUT2D eigenvalue weighted by atomic mass is 16.5. The minimum atomic E-state index is -0.844. The van der Waals surface area contributed by atoms with Crippen LogP contribution in [0.15, 0.2) is 77.2 Å². The number of aromatic nitrogens is 2. The van der Waals surface area contributed by atoms with E-state index in [9.17, 15) is 9.59 Å². The lowest BCUT2D eigenvalue weighted by Gasteiger charge is -2.20. The normalized spacial score (nSPS) is 12.0. The Hall–Kier alpha value is -4.46. The molecule has 1 N–H and O–H groups in total. The number of rotatable bonds is 14. The van der Waals surface area contributed by atoms with Crippen LogP contribution in [0.3, 0.4) is 0 Å². The van der Waals surface area contributed by atoms with Gasteiger partial charge in [0.05, 0.1) is 13.7 Å². The molecule has 44 heavy (non-hydrogen) atoms. The van der Waals surface area contributed by atoms with Crippen LogP contribution in [0.25, 0.3) is 22.9 Å². The van der Waals surface area contributed by atoms with Gasteiger partial charge in [0, 0.05) is 23.1 Å². The van der Waals surface area contributed by atoms with Crippen molar-refractivity contribution in [2.24, 2.45) is 0 Å². The molecule has 0 fully saturated rings. The molecule has 1 atom stereocenters. The number of hydrogen-bond donors (Lipinski definition) is 1. The molecule has 0 saturated heterocycles. The molecule has 0 aliphatic rings. The zero-order valence-corrected chi connectivity index (χ0v) is 26.4. The second kappa shape index (κ2) is 15.3. The van der Waals surface area contributed by atoms with Gasteiger partial charge in [-0.2, -0.15) is 0 Å². The van der Waals surface area contributed by atoms with E-state index in [0.717, 1.165) is 34.4 Å². The van der Waals surface area contributed by atoms with Gasteiger partial charge in [0.25, 0.3) is 5.91 Å². The fraction of sp³-hybridized carbons (Fsp3) is 0.389. The van der Waals surface area contributed by atoms with Gasteiger partial charge in [-0.25, -0.2) is 4.79 Å². The van der Waals surface area contributed by atoms with Crippen LogP contribution in [-0.4, -0.2) is 41.8 Å². The monoisotopic (exact) mass is 597 g/mol. The summed E-state index contributed by atoms with van der Waals surface area (Å²) in [5.74, 6) is 0.769. The van der Waals surface area contributed by atoms with Gasteiger partial charge in [0.1, 0.15) is 11.8 Å². The van der Waals surface area contributed by atoms with Gasteiger partial charge in [-0.1, -0.05) is 77.6 Å². The van der Waals surface area contributed by atoms with Crippen LogP contribution in [0, 0.1) is 0 Å². The first-order chi connectivity index (χ1) is 21.2. The SMILES string of the molecule is CCCCCCCOc1ccc(-c2nnc(-c3ccc(CC(NC(=O)c4ccc(C(C)(C)C)cc4)C(=O)OC)cc3)o2)cc1. The molecular formula is C36H43N3O5. The van der Waals surface area contributed by atoms with Crippen molar-refractivity contribution >= 4 is 11.9 Å². The Labute approximate surface area is 260 Å². The minimum Gasteiger partial charge on any atom is -0.494 e. The Morgan fingerprint density at radius 2 is 1.41 bits per heavy atom. The van der Waals surface area contributed by atoms with Gasteiger partial charge in [-0.15, -0.1) is 10.2 Å². The van der Waals surface area contributed by atoms with Gasteiger partial charge >= 0.3 is 5.97 Å². The predicted octanol–water partition coefficient (Wildman–Crippen LogP) is 7.56. The summed E-state index contributed by atoms with van der Waals surface area (Å²) in [6, 6.07) is 21.7. The number of ether oxygens (including phenoxy) is 2. The zero-order valence-electron chi connectivity index (χ0n) is 26.4. The summed E-state index contributed by atoms with van der Waals surface area (Å²) < 4.78 is 16.8. The van der Waals surface area contributed by atoms with Gasteiger partial charge in [-0.05, 0) is 71.5 Å². The quantitative estimate of drug-likeness (QED) is 0.118. The fourth-order valence-corrected chi connectivity index (χ4v) is 4.76. The van der Waals surface area contributed by atoms with Crippen molar-refractivity contribution in [3.05, 3.63) is 89.5 Å². The summed E-state index contributed by atoms with van der Waals surface area (Å²) in [6.45, 7) is 9.27. The number of esters is 1. The molecule has 8 nitrogen and oxygen atoms in total. The zero-order chi connectivity index (χ0) is 31.5. The lowest BCUT2D eigenvalue weighted by atomic mass is 9.86. The van der Waals surface area contributed by atoms with Crippen LogP contribution in [0.4, 0.5) is 0 Å². The first-order valence-corrected chi connectivity index (χ1v) is 15.3. The van der Waals surface area contributed by atoms with Crippen molar-refractivity contribution in [1.29, 1.82) is 0 Å². The Morgan fingerprint density at radius 1 is 0.818 bits per heavy atom. The molecule has 0 radical (unpaired) electrons. The number of methoxy groups -OCH3 is 1. The second-order valence-corrected chi connectivity index (χ2v) is 12.0. The Bertz CT molecular complexity index is 1490. The van der Waals surface area contributed by atoms with Gasteiger partial charge in [-0.3, -0.25) is 4.79 Å². The lowest BCUT2D eigenvalue weighted by molar-refractivity contribution is -0.142. The maximum atomic E-state index is 12.9. The fourth-order valence-electron chi connectivity index (χ4n) is 4.76. The van der Waals surface area contributed by atoms with Crippen LogP contribution in [0.5, 0.6) is 5.75 Å². The van der Waals surface area contributed by atoms with E-state index in [4.69, 9.17) is 13.9 Å². The topological polar surface area (TPSA) is 104 Å². The smallest absolute Gasteiger partial charge is 0.328 e.